The van der Waals surface area contributed by atoms with Crippen molar-refractivity contribution in [1.82, 2.24) is 10.2 Å². The number of nitrogens with one attached hydrogen (secondary N) is 1. The Hall–Kier alpha value is -1.69. The van der Waals surface area contributed by atoms with E-state index in [1.165, 1.54) is 11.8 Å². The van der Waals surface area contributed by atoms with Crippen molar-refractivity contribution in [2.24, 2.45) is 5.92 Å². The van der Waals surface area contributed by atoms with Crippen LogP contribution in [0.2, 0.25) is 10.0 Å². The molecule has 1 atom stereocenters. The Morgan fingerprint density at radius 1 is 1.07 bits per heavy atom. The zero-order chi connectivity index (χ0) is 22.1. The maximum atomic E-state index is 13.0. The van der Waals surface area contributed by atoms with Crippen LogP contribution in [0.1, 0.15) is 31.9 Å². The van der Waals surface area contributed by atoms with Crippen LogP contribution in [0.3, 0.4) is 0 Å². The second kappa shape index (κ2) is 12.2. The third-order valence-electron chi connectivity index (χ3n) is 4.55. The topological polar surface area (TPSA) is 49.4 Å². The predicted molar refractivity (Wildman–Crippen MR) is 127 cm³/mol. The van der Waals surface area contributed by atoms with Crippen molar-refractivity contribution >= 4 is 46.8 Å². The standard InChI is InChI=1S/C23H28Cl2N2O2S/c1-16(2)12-26-23(29)17(3)27(13-18-7-5-4-6-8-18)22(28)15-30-14-19-9-10-20(24)11-21(19)25/h4-11,16-17H,12-15H2,1-3H3,(H,26,29)/t17-/m0/s1. The number of carbonyl (C=O) groups excluding carboxylic acids is 2. The molecule has 0 unspecified atom stereocenters. The average Bonchev–Trinajstić information content (AvgIpc) is 2.72. The number of amides is 2. The summed E-state index contributed by atoms with van der Waals surface area (Å²) in [5.74, 6) is 0.974. The molecule has 2 amide bonds. The summed E-state index contributed by atoms with van der Waals surface area (Å²) in [6.07, 6.45) is 0. The molecule has 2 aromatic rings. The molecule has 0 saturated carbocycles. The van der Waals surface area contributed by atoms with Crippen LogP contribution in [-0.2, 0) is 21.9 Å². The quantitative estimate of drug-likeness (QED) is 0.508. The van der Waals surface area contributed by atoms with E-state index in [9.17, 15) is 9.59 Å². The Morgan fingerprint density at radius 3 is 2.40 bits per heavy atom. The molecule has 2 aromatic carbocycles. The predicted octanol–water partition coefficient (Wildman–Crippen LogP) is 5.42. The fourth-order valence-electron chi connectivity index (χ4n) is 2.79. The van der Waals surface area contributed by atoms with E-state index in [4.69, 9.17) is 23.2 Å². The molecule has 2 rings (SSSR count). The van der Waals surface area contributed by atoms with Gasteiger partial charge in [-0.3, -0.25) is 9.59 Å². The number of hydrogen-bond acceptors (Lipinski definition) is 3. The van der Waals surface area contributed by atoms with Gasteiger partial charge in [0.05, 0.1) is 5.75 Å². The van der Waals surface area contributed by atoms with Crippen molar-refractivity contribution < 1.29 is 9.59 Å². The normalized spacial score (nSPS) is 11.9. The molecule has 4 nitrogen and oxygen atoms in total. The summed E-state index contributed by atoms with van der Waals surface area (Å²) in [6.45, 7) is 6.82. The fraction of sp³-hybridized carbons (Fsp3) is 0.391. The molecule has 0 aliphatic rings. The van der Waals surface area contributed by atoms with E-state index in [2.05, 4.69) is 5.32 Å². The number of halogens is 2. The molecule has 1 N–H and O–H groups in total. The highest BCUT2D eigenvalue weighted by atomic mass is 35.5. The first-order valence-electron chi connectivity index (χ1n) is 9.90. The molecule has 0 fully saturated rings. The van der Waals surface area contributed by atoms with Gasteiger partial charge in [0.25, 0.3) is 0 Å². The Labute approximate surface area is 193 Å². The molecule has 0 aromatic heterocycles. The van der Waals surface area contributed by atoms with Gasteiger partial charge in [-0.25, -0.2) is 0 Å². The molecule has 7 heteroatoms. The number of hydrogen-bond donors (Lipinski definition) is 1. The van der Waals surface area contributed by atoms with E-state index in [-0.39, 0.29) is 17.6 Å². The minimum absolute atomic E-state index is 0.0823. The van der Waals surface area contributed by atoms with Gasteiger partial charge in [-0.15, -0.1) is 11.8 Å². The van der Waals surface area contributed by atoms with Crippen molar-refractivity contribution in [3.8, 4) is 0 Å². The highest BCUT2D eigenvalue weighted by Crippen LogP contribution is 2.25. The third-order valence-corrected chi connectivity index (χ3v) is 6.10. The van der Waals surface area contributed by atoms with Crippen LogP contribution in [0.4, 0.5) is 0 Å². The first kappa shape index (κ1) is 24.6. The van der Waals surface area contributed by atoms with Crippen molar-refractivity contribution in [1.29, 1.82) is 0 Å². The third kappa shape index (κ3) is 7.86. The molecular weight excluding hydrogens is 439 g/mol. The molecule has 0 aliphatic heterocycles. The van der Waals surface area contributed by atoms with Gasteiger partial charge in [-0.05, 0) is 36.1 Å². The highest BCUT2D eigenvalue weighted by molar-refractivity contribution is 7.99. The van der Waals surface area contributed by atoms with E-state index >= 15 is 0 Å². The lowest BCUT2D eigenvalue weighted by molar-refractivity contribution is -0.138. The monoisotopic (exact) mass is 466 g/mol. The first-order valence-corrected chi connectivity index (χ1v) is 11.8. The molecule has 0 spiro atoms. The Kier molecular flexibility index (Phi) is 10.0. The van der Waals surface area contributed by atoms with Gasteiger partial charge in [0.15, 0.2) is 0 Å². The van der Waals surface area contributed by atoms with Crippen molar-refractivity contribution in [3.63, 3.8) is 0 Å². The van der Waals surface area contributed by atoms with Gasteiger partial charge in [0, 0.05) is 28.9 Å². The SMILES string of the molecule is CC(C)CNC(=O)[C@H](C)N(Cc1ccccc1)C(=O)CSCc1ccc(Cl)cc1Cl. The fourth-order valence-corrected chi connectivity index (χ4v) is 4.25. The summed E-state index contributed by atoms with van der Waals surface area (Å²) < 4.78 is 0. The molecule has 162 valence electrons. The van der Waals surface area contributed by atoms with Crippen molar-refractivity contribution in [2.75, 3.05) is 12.3 Å². The molecule has 30 heavy (non-hydrogen) atoms. The van der Waals surface area contributed by atoms with E-state index in [1.54, 1.807) is 24.0 Å². The maximum Gasteiger partial charge on any atom is 0.242 e. The Morgan fingerprint density at radius 2 is 1.77 bits per heavy atom. The van der Waals surface area contributed by atoms with Crippen molar-refractivity contribution in [3.05, 3.63) is 69.7 Å². The zero-order valence-electron chi connectivity index (χ0n) is 17.5. The van der Waals surface area contributed by atoms with E-state index in [0.29, 0.717) is 34.8 Å². The molecule has 0 saturated heterocycles. The van der Waals surface area contributed by atoms with Gasteiger partial charge in [-0.2, -0.15) is 0 Å². The minimum Gasteiger partial charge on any atom is -0.354 e. The van der Waals surface area contributed by atoms with Crippen LogP contribution >= 0.6 is 35.0 Å². The lowest BCUT2D eigenvalue weighted by Gasteiger charge is -2.29. The Bertz CT molecular complexity index is 846. The van der Waals surface area contributed by atoms with Crippen LogP contribution in [0.25, 0.3) is 0 Å². The summed E-state index contributed by atoms with van der Waals surface area (Å²) in [5.41, 5.74) is 1.91. The number of benzene rings is 2. The lowest BCUT2D eigenvalue weighted by Crippen LogP contribution is -2.48. The van der Waals surface area contributed by atoms with E-state index in [1.807, 2.05) is 50.2 Å². The number of nitrogens with zero attached hydrogens (tertiary/aromatic N) is 1. The number of thioether (sulfide) groups is 1. The molecule has 0 bridgehead atoms. The minimum atomic E-state index is -0.559. The largest absolute Gasteiger partial charge is 0.354 e. The summed E-state index contributed by atoms with van der Waals surface area (Å²) >= 11 is 13.6. The van der Waals surface area contributed by atoms with E-state index in [0.717, 1.165) is 11.1 Å². The van der Waals surface area contributed by atoms with Gasteiger partial charge in [0.2, 0.25) is 11.8 Å². The molecule has 0 heterocycles. The van der Waals surface area contributed by atoms with Crippen molar-refractivity contribution in [2.45, 2.75) is 39.1 Å². The van der Waals surface area contributed by atoms with Crippen LogP contribution in [0, 0.1) is 5.92 Å². The molecule has 0 aliphatic carbocycles. The highest BCUT2D eigenvalue weighted by Gasteiger charge is 2.26. The summed E-state index contributed by atoms with van der Waals surface area (Å²) in [5, 5.41) is 4.10. The van der Waals surface area contributed by atoms with Gasteiger partial charge >= 0.3 is 0 Å². The summed E-state index contributed by atoms with van der Waals surface area (Å²) in [4.78, 5) is 27.3. The Balaban J connectivity index is 2.04. The molecule has 0 radical (unpaired) electrons. The van der Waals surface area contributed by atoms with Crippen LogP contribution in [0.5, 0.6) is 0 Å². The molecular formula is C23H28Cl2N2O2S. The smallest absolute Gasteiger partial charge is 0.242 e. The summed E-state index contributed by atoms with van der Waals surface area (Å²) in [7, 11) is 0. The van der Waals surface area contributed by atoms with E-state index < -0.39 is 6.04 Å². The van der Waals surface area contributed by atoms with Crippen LogP contribution in [0.15, 0.2) is 48.5 Å². The summed E-state index contributed by atoms with van der Waals surface area (Å²) in [6, 6.07) is 14.5. The second-order valence-electron chi connectivity index (χ2n) is 7.55. The van der Waals surface area contributed by atoms with Crippen LogP contribution < -0.4 is 5.32 Å². The first-order chi connectivity index (χ1) is 14.3. The second-order valence-corrected chi connectivity index (χ2v) is 9.38. The zero-order valence-corrected chi connectivity index (χ0v) is 19.9. The number of carbonyl (C=O) groups is 2. The lowest BCUT2D eigenvalue weighted by atomic mass is 10.1. The van der Waals surface area contributed by atoms with Crippen LogP contribution in [-0.4, -0.2) is 35.1 Å². The maximum absolute atomic E-state index is 13.0. The number of rotatable bonds is 10. The average molecular weight is 467 g/mol. The van der Waals surface area contributed by atoms with Gasteiger partial charge in [0.1, 0.15) is 6.04 Å². The van der Waals surface area contributed by atoms with Gasteiger partial charge < -0.3 is 10.2 Å². The van der Waals surface area contributed by atoms with Gasteiger partial charge in [-0.1, -0.05) is 73.4 Å².